The molecule has 3 heteroatoms. The molecule has 1 fully saturated rings. The Morgan fingerprint density at radius 3 is 2.72 bits per heavy atom. The molecule has 1 N–H and O–H groups in total. The van der Waals surface area contributed by atoms with Crippen LogP contribution in [0, 0.1) is 0 Å². The molecule has 1 heterocycles. The Kier molecular flexibility index (Phi) is 4.31. The van der Waals surface area contributed by atoms with Crippen LogP contribution in [0.15, 0.2) is 30.5 Å². The van der Waals surface area contributed by atoms with Crippen LogP contribution in [-0.4, -0.2) is 10.6 Å². The number of nitrogens with one attached hydrogen (secondary N) is 1. The number of para-hydroxylation sites is 1. The van der Waals surface area contributed by atoms with Crippen LogP contribution in [0.25, 0.3) is 10.9 Å². The quantitative estimate of drug-likeness (QED) is 0.896. The van der Waals surface area contributed by atoms with Gasteiger partial charge in [-0.3, -0.25) is 0 Å². The van der Waals surface area contributed by atoms with Gasteiger partial charge < -0.3 is 9.88 Å². The average Bonchev–Trinajstić information content (AvgIpc) is 2.96. The van der Waals surface area contributed by atoms with E-state index in [0.29, 0.717) is 0 Å². The van der Waals surface area contributed by atoms with Crippen molar-refractivity contribution in [2.75, 3.05) is 0 Å². The molecule has 1 aromatic carbocycles. The third-order valence-corrected chi connectivity index (χ3v) is 3.92. The fraction of sp³-hybridized carbons (Fsp3) is 0.467. The summed E-state index contributed by atoms with van der Waals surface area (Å²) in [7, 11) is 2.13. The summed E-state index contributed by atoms with van der Waals surface area (Å²) in [5.41, 5.74) is 2.76. The lowest BCUT2D eigenvalue weighted by molar-refractivity contribution is 0.525. The molecule has 0 aliphatic heterocycles. The first-order valence-electron chi connectivity index (χ1n) is 6.61. The van der Waals surface area contributed by atoms with E-state index in [0.717, 1.165) is 12.6 Å². The van der Waals surface area contributed by atoms with Gasteiger partial charge in [-0.15, -0.1) is 12.4 Å². The minimum absolute atomic E-state index is 0. The maximum atomic E-state index is 3.69. The highest BCUT2D eigenvalue weighted by Crippen LogP contribution is 2.22. The van der Waals surface area contributed by atoms with Crippen LogP contribution in [0.4, 0.5) is 0 Å². The van der Waals surface area contributed by atoms with Gasteiger partial charge in [0, 0.05) is 36.7 Å². The second-order valence-electron chi connectivity index (χ2n) is 5.14. The van der Waals surface area contributed by atoms with Gasteiger partial charge in [0.2, 0.25) is 0 Å². The lowest BCUT2D eigenvalue weighted by Crippen LogP contribution is -2.25. The minimum Gasteiger partial charge on any atom is -0.350 e. The maximum absolute atomic E-state index is 3.69. The van der Waals surface area contributed by atoms with E-state index in [1.165, 1.54) is 42.1 Å². The molecule has 1 saturated carbocycles. The van der Waals surface area contributed by atoms with E-state index >= 15 is 0 Å². The number of aromatic nitrogens is 1. The van der Waals surface area contributed by atoms with Gasteiger partial charge >= 0.3 is 0 Å². The third-order valence-electron chi connectivity index (χ3n) is 3.92. The van der Waals surface area contributed by atoms with Gasteiger partial charge in [-0.1, -0.05) is 31.0 Å². The van der Waals surface area contributed by atoms with Gasteiger partial charge in [0.15, 0.2) is 0 Å². The third kappa shape index (κ3) is 2.55. The largest absolute Gasteiger partial charge is 0.350 e. The summed E-state index contributed by atoms with van der Waals surface area (Å²) in [4.78, 5) is 0. The molecule has 18 heavy (non-hydrogen) atoms. The summed E-state index contributed by atoms with van der Waals surface area (Å²) in [5.74, 6) is 0. The van der Waals surface area contributed by atoms with Gasteiger partial charge in [-0.2, -0.15) is 0 Å². The van der Waals surface area contributed by atoms with Crippen molar-refractivity contribution < 1.29 is 0 Å². The predicted molar refractivity (Wildman–Crippen MR) is 79.3 cm³/mol. The van der Waals surface area contributed by atoms with Crippen LogP contribution in [0.2, 0.25) is 0 Å². The molecule has 2 nitrogen and oxygen atoms in total. The number of aryl methyl sites for hydroxylation is 1. The Hall–Kier alpha value is -0.990. The second kappa shape index (κ2) is 5.77. The number of hydrogen-bond donors (Lipinski definition) is 1. The number of nitrogens with zero attached hydrogens (tertiary/aromatic N) is 1. The van der Waals surface area contributed by atoms with E-state index in [-0.39, 0.29) is 12.4 Å². The summed E-state index contributed by atoms with van der Waals surface area (Å²) < 4.78 is 2.22. The highest BCUT2D eigenvalue weighted by molar-refractivity contribution is 5.85. The zero-order valence-electron chi connectivity index (χ0n) is 10.9. The van der Waals surface area contributed by atoms with Crippen molar-refractivity contribution in [2.45, 2.75) is 38.3 Å². The van der Waals surface area contributed by atoms with Crippen molar-refractivity contribution in [3.8, 4) is 0 Å². The molecular formula is C15H21ClN2. The topological polar surface area (TPSA) is 17.0 Å². The number of fused-ring (bicyclic) bond motifs is 1. The fourth-order valence-corrected chi connectivity index (χ4v) is 2.95. The highest BCUT2D eigenvalue weighted by Gasteiger charge is 2.14. The van der Waals surface area contributed by atoms with Crippen molar-refractivity contribution in [3.63, 3.8) is 0 Å². The number of halogens is 1. The Morgan fingerprint density at radius 1 is 1.22 bits per heavy atom. The van der Waals surface area contributed by atoms with E-state index in [1.807, 2.05) is 0 Å². The van der Waals surface area contributed by atoms with Gasteiger partial charge in [0.25, 0.3) is 0 Å². The standard InChI is InChI=1S/C15H20N2.ClH/c1-17-11-12(10-16-13-6-2-3-7-13)14-8-4-5-9-15(14)17;/h4-5,8-9,11,13,16H,2-3,6-7,10H2,1H3;1H. The van der Waals surface area contributed by atoms with Crippen molar-refractivity contribution in [1.82, 2.24) is 9.88 Å². The number of rotatable bonds is 3. The molecule has 0 radical (unpaired) electrons. The smallest absolute Gasteiger partial charge is 0.0481 e. The minimum atomic E-state index is 0. The molecule has 3 rings (SSSR count). The first kappa shape index (κ1) is 13.4. The molecular weight excluding hydrogens is 244 g/mol. The SMILES string of the molecule is Cl.Cn1cc(CNC2CCCC2)c2ccccc21. The van der Waals surface area contributed by atoms with Gasteiger partial charge in [-0.25, -0.2) is 0 Å². The summed E-state index contributed by atoms with van der Waals surface area (Å²) in [6.07, 6.45) is 7.75. The van der Waals surface area contributed by atoms with Gasteiger partial charge in [-0.05, 0) is 24.5 Å². The highest BCUT2D eigenvalue weighted by atomic mass is 35.5. The van der Waals surface area contributed by atoms with Gasteiger partial charge in [0.1, 0.15) is 0 Å². The number of hydrogen-bond acceptors (Lipinski definition) is 1. The average molecular weight is 265 g/mol. The first-order chi connectivity index (χ1) is 8.34. The summed E-state index contributed by atoms with van der Waals surface area (Å²) in [6, 6.07) is 9.39. The Balaban J connectivity index is 0.00000120. The molecule has 2 aromatic rings. The van der Waals surface area contributed by atoms with Crippen LogP contribution in [0.3, 0.4) is 0 Å². The lowest BCUT2D eigenvalue weighted by Gasteiger charge is -2.10. The maximum Gasteiger partial charge on any atom is 0.0481 e. The molecule has 1 aliphatic rings. The molecule has 98 valence electrons. The Morgan fingerprint density at radius 2 is 1.94 bits per heavy atom. The normalized spacial score (nSPS) is 16.1. The van der Waals surface area contributed by atoms with E-state index < -0.39 is 0 Å². The Bertz CT molecular complexity index is 512. The number of benzene rings is 1. The van der Waals surface area contributed by atoms with Crippen LogP contribution in [0.1, 0.15) is 31.2 Å². The van der Waals surface area contributed by atoms with Crippen molar-refractivity contribution in [3.05, 3.63) is 36.0 Å². The van der Waals surface area contributed by atoms with Crippen LogP contribution >= 0.6 is 12.4 Å². The van der Waals surface area contributed by atoms with Gasteiger partial charge in [0.05, 0.1) is 0 Å². The van der Waals surface area contributed by atoms with E-state index in [2.05, 4.69) is 47.4 Å². The molecule has 0 amide bonds. The zero-order valence-corrected chi connectivity index (χ0v) is 11.7. The van der Waals surface area contributed by atoms with E-state index in [9.17, 15) is 0 Å². The molecule has 0 bridgehead atoms. The van der Waals surface area contributed by atoms with Crippen LogP contribution in [0.5, 0.6) is 0 Å². The molecule has 1 aromatic heterocycles. The fourth-order valence-electron chi connectivity index (χ4n) is 2.95. The monoisotopic (exact) mass is 264 g/mol. The van der Waals surface area contributed by atoms with Crippen molar-refractivity contribution in [2.24, 2.45) is 7.05 Å². The lowest BCUT2D eigenvalue weighted by atomic mass is 10.1. The molecule has 0 saturated heterocycles. The van der Waals surface area contributed by atoms with E-state index in [1.54, 1.807) is 0 Å². The zero-order chi connectivity index (χ0) is 11.7. The first-order valence-corrected chi connectivity index (χ1v) is 6.61. The molecule has 0 atom stereocenters. The van der Waals surface area contributed by atoms with Crippen LogP contribution < -0.4 is 5.32 Å². The molecule has 1 aliphatic carbocycles. The van der Waals surface area contributed by atoms with Crippen LogP contribution in [-0.2, 0) is 13.6 Å². The molecule has 0 spiro atoms. The second-order valence-corrected chi connectivity index (χ2v) is 5.14. The summed E-state index contributed by atoms with van der Waals surface area (Å²) in [6.45, 7) is 1.01. The predicted octanol–water partition coefficient (Wildman–Crippen LogP) is 3.63. The van der Waals surface area contributed by atoms with Crippen molar-refractivity contribution >= 4 is 23.3 Å². The van der Waals surface area contributed by atoms with E-state index in [4.69, 9.17) is 0 Å². The van der Waals surface area contributed by atoms with Crippen molar-refractivity contribution in [1.29, 1.82) is 0 Å². The Labute approximate surface area is 115 Å². The summed E-state index contributed by atoms with van der Waals surface area (Å²) in [5, 5.41) is 5.08. The summed E-state index contributed by atoms with van der Waals surface area (Å²) >= 11 is 0. The molecule has 0 unspecified atom stereocenters.